The van der Waals surface area contributed by atoms with Crippen LogP contribution in [0, 0.1) is 0 Å². The average Bonchev–Trinajstić information content (AvgIpc) is 3.14. The Morgan fingerprint density at radius 3 is 2.57 bits per heavy atom. The van der Waals surface area contributed by atoms with Crippen LogP contribution in [0.25, 0.3) is 0 Å². The van der Waals surface area contributed by atoms with Crippen molar-refractivity contribution in [3.8, 4) is 0 Å². The first-order chi connectivity index (χ1) is 11.1. The number of amidine groups is 1. The Kier molecular flexibility index (Phi) is 4.16. The van der Waals surface area contributed by atoms with Crippen LogP contribution in [0.15, 0.2) is 29.4 Å². The Balaban J connectivity index is 1.62. The number of aliphatic hydroxyl groups excluding tert-OH is 1. The molecule has 0 bridgehead atoms. The smallest absolute Gasteiger partial charge is 0.264 e. The molecule has 1 N–H and O–H groups in total. The van der Waals surface area contributed by atoms with Crippen LogP contribution in [0.2, 0.25) is 0 Å². The molecule has 122 valence electrons. The molecule has 0 spiro atoms. The molecule has 23 heavy (non-hydrogen) atoms. The normalized spacial score (nSPS) is 21.1. The molecule has 0 aliphatic carbocycles. The molecule has 0 radical (unpaired) electrons. The molecule has 2 heterocycles. The highest BCUT2D eigenvalue weighted by Gasteiger charge is 2.35. The van der Waals surface area contributed by atoms with Crippen molar-refractivity contribution >= 4 is 17.8 Å². The van der Waals surface area contributed by atoms with Crippen molar-refractivity contribution in [3.63, 3.8) is 0 Å². The minimum Gasteiger partial charge on any atom is -0.844 e. The van der Waals surface area contributed by atoms with Gasteiger partial charge in [-0.05, 0) is 25.0 Å². The lowest BCUT2D eigenvalue weighted by atomic mass is 10.1. The van der Waals surface area contributed by atoms with Crippen molar-refractivity contribution in [2.24, 2.45) is 5.16 Å². The lowest BCUT2D eigenvalue weighted by Crippen LogP contribution is -2.44. The summed E-state index contributed by atoms with van der Waals surface area (Å²) < 4.78 is 0. The molecule has 8 nitrogen and oxygen atoms in total. The monoisotopic (exact) mass is 318 g/mol. The number of rotatable bonds is 4. The van der Waals surface area contributed by atoms with Crippen molar-refractivity contribution in [3.05, 3.63) is 35.4 Å². The quantitative estimate of drug-likeness (QED) is 0.342. The van der Waals surface area contributed by atoms with Gasteiger partial charge in [0.2, 0.25) is 0 Å². The van der Waals surface area contributed by atoms with Gasteiger partial charge in [0.1, 0.15) is 0 Å². The average molecular weight is 318 g/mol. The zero-order valence-corrected chi connectivity index (χ0v) is 12.3. The first-order valence-corrected chi connectivity index (χ1v) is 7.33. The van der Waals surface area contributed by atoms with Crippen molar-refractivity contribution in [2.75, 3.05) is 19.9 Å². The number of fused-ring (bicyclic) bond motifs is 1. The van der Waals surface area contributed by atoms with Gasteiger partial charge in [-0.3, -0.25) is 9.59 Å². The van der Waals surface area contributed by atoms with Crippen LogP contribution in [0.4, 0.5) is 0 Å². The second kappa shape index (κ2) is 6.25. The van der Waals surface area contributed by atoms with Crippen LogP contribution in [0.5, 0.6) is 0 Å². The van der Waals surface area contributed by atoms with Gasteiger partial charge in [-0.1, -0.05) is 17.3 Å². The number of amides is 2. The molecule has 3 rings (SSSR count). The summed E-state index contributed by atoms with van der Waals surface area (Å²) in [6.45, 7) is -0.0423. The summed E-state index contributed by atoms with van der Waals surface area (Å²) in [5.74, 6) is -0.940. The molecule has 2 aliphatic heterocycles. The first-order valence-electron chi connectivity index (χ1n) is 7.33. The number of carbonyl (C=O) groups excluding carboxylic acids is 2. The third-order valence-electron chi connectivity index (χ3n) is 4.04. The molecule has 2 amide bonds. The number of oxime groups is 1. The Morgan fingerprint density at radius 1 is 1.30 bits per heavy atom. The summed E-state index contributed by atoms with van der Waals surface area (Å²) in [5, 5.41) is 24.5. The summed E-state index contributed by atoms with van der Waals surface area (Å²) in [6.07, 6.45) is 1.51. The second-order valence-corrected chi connectivity index (χ2v) is 5.39. The van der Waals surface area contributed by atoms with Gasteiger partial charge in [0.05, 0.1) is 29.8 Å². The van der Waals surface area contributed by atoms with E-state index in [0.29, 0.717) is 17.7 Å². The number of carbonyl (C=O) groups is 2. The van der Waals surface area contributed by atoms with Crippen LogP contribution in [-0.4, -0.2) is 58.7 Å². The zero-order valence-electron chi connectivity index (χ0n) is 12.3. The molecule has 1 saturated heterocycles. The van der Waals surface area contributed by atoms with E-state index in [4.69, 9.17) is 4.84 Å². The Morgan fingerprint density at radius 2 is 1.96 bits per heavy atom. The van der Waals surface area contributed by atoms with Gasteiger partial charge in [-0.15, -0.1) is 0 Å². The fourth-order valence-corrected chi connectivity index (χ4v) is 2.83. The van der Waals surface area contributed by atoms with Gasteiger partial charge in [0, 0.05) is 6.54 Å². The molecule has 1 atom stereocenters. The maximum atomic E-state index is 12.1. The molecule has 0 aromatic heterocycles. The molecular formula is C15H16N3O5-. The lowest BCUT2D eigenvalue weighted by molar-refractivity contribution is -0.241. The van der Waals surface area contributed by atoms with Gasteiger partial charge in [-0.25, -0.2) is 4.90 Å². The molecule has 1 aromatic carbocycles. The van der Waals surface area contributed by atoms with Gasteiger partial charge in [0.15, 0.2) is 6.73 Å². The number of hydrogen-bond donors (Lipinski definition) is 1. The molecule has 1 fully saturated rings. The minimum atomic E-state index is -0.613. The van der Waals surface area contributed by atoms with Crippen molar-refractivity contribution < 1.29 is 24.6 Å². The van der Waals surface area contributed by atoms with Crippen LogP contribution < -0.4 is 5.11 Å². The maximum absolute atomic E-state index is 12.1. The molecular weight excluding hydrogens is 302 g/mol. The number of imide groups is 1. The fourth-order valence-electron chi connectivity index (χ4n) is 2.83. The molecule has 2 aliphatic rings. The van der Waals surface area contributed by atoms with E-state index in [2.05, 4.69) is 5.16 Å². The third kappa shape index (κ3) is 2.72. The van der Waals surface area contributed by atoms with Gasteiger partial charge in [0.25, 0.3) is 11.8 Å². The highest BCUT2D eigenvalue weighted by Crippen LogP contribution is 2.22. The molecule has 0 saturated carbocycles. The van der Waals surface area contributed by atoms with Crippen LogP contribution in [0.1, 0.15) is 33.6 Å². The lowest BCUT2D eigenvalue weighted by Gasteiger charge is -2.29. The Labute approximate surface area is 132 Å². The summed E-state index contributed by atoms with van der Waals surface area (Å²) in [7, 11) is 0. The van der Waals surface area contributed by atoms with E-state index < -0.39 is 24.6 Å². The van der Waals surface area contributed by atoms with Crippen LogP contribution in [-0.2, 0) is 4.84 Å². The number of benzene rings is 1. The van der Waals surface area contributed by atoms with E-state index in [-0.39, 0.29) is 12.6 Å². The zero-order chi connectivity index (χ0) is 16.4. The number of nitrogens with zero attached hydrogens (tertiary/aromatic N) is 3. The SMILES string of the molecule is O=C1c2ccccc2C(=O)N1CO/N=C(\[O-])N1CCCC1CO. The number of hydrogen-bond acceptors (Lipinski definition) is 6. The van der Waals surface area contributed by atoms with Crippen LogP contribution >= 0.6 is 0 Å². The van der Waals surface area contributed by atoms with Gasteiger partial charge in [-0.2, -0.15) is 0 Å². The Bertz CT molecular complexity index is 625. The van der Waals surface area contributed by atoms with Gasteiger partial charge < -0.3 is 20.0 Å². The predicted molar refractivity (Wildman–Crippen MR) is 77.1 cm³/mol. The Hall–Kier alpha value is -2.61. The summed E-state index contributed by atoms with van der Waals surface area (Å²) in [5.41, 5.74) is 0.625. The largest absolute Gasteiger partial charge is 0.844 e. The maximum Gasteiger partial charge on any atom is 0.264 e. The van der Waals surface area contributed by atoms with Gasteiger partial charge >= 0.3 is 0 Å². The standard InChI is InChI=1S/C15H17N3O5/c19-8-10-4-3-7-17(10)15(22)16-23-9-18-13(20)11-5-1-2-6-12(11)14(18)21/h1-2,5-6,10,19H,3-4,7-9H2,(H,16,22)/p-1. The van der Waals surface area contributed by atoms with E-state index >= 15 is 0 Å². The summed E-state index contributed by atoms with van der Waals surface area (Å²) in [6, 6.07) is 5.60. The number of likely N-dealkylation sites (tertiary alicyclic amines) is 1. The van der Waals surface area contributed by atoms with E-state index in [1.807, 2.05) is 0 Å². The van der Waals surface area contributed by atoms with Crippen LogP contribution in [0.3, 0.4) is 0 Å². The minimum absolute atomic E-state index is 0.125. The predicted octanol–water partition coefficient (Wildman–Crippen LogP) is -0.655. The third-order valence-corrected chi connectivity index (χ3v) is 4.04. The molecule has 8 heteroatoms. The van der Waals surface area contributed by atoms with Crippen molar-refractivity contribution in [2.45, 2.75) is 18.9 Å². The van der Waals surface area contributed by atoms with E-state index in [1.54, 1.807) is 24.3 Å². The highest BCUT2D eigenvalue weighted by atomic mass is 16.6. The second-order valence-electron chi connectivity index (χ2n) is 5.39. The van der Waals surface area contributed by atoms with E-state index in [9.17, 15) is 19.8 Å². The van der Waals surface area contributed by atoms with Crippen molar-refractivity contribution in [1.29, 1.82) is 0 Å². The highest BCUT2D eigenvalue weighted by molar-refractivity contribution is 6.21. The van der Waals surface area contributed by atoms with E-state index in [0.717, 1.165) is 17.7 Å². The fraction of sp³-hybridized carbons (Fsp3) is 0.400. The topological polar surface area (TPSA) is 106 Å². The summed E-state index contributed by atoms with van der Waals surface area (Å²) in [4.78, 5) is 31.4. The summed E-state index contributed by atoms with van der Waals surface area (Å²) >= 11 is 0. The number of aliphatic hydroxyl groups is 1. The van der Waals surface area contributed by atoms with Crippen molar-refractivity contribution in [1.82, 2.24) is 9.80 Å². The molecule has 1 aromatic rings. The first kappa shape index (κ1) is 15.3. The van der Waals surface area contributed by atoms with E-state index in [1.165, 1.54) is 4.90 Å². The molecule has 1 unspecified atom stereocenters.